The van der Waals surface area contributed by atoms with Crippen LogP contribution in [0.3, 0.4) is 0 Å². The highest BCUT2D eigenvalue weighted by atomic mass is 19.4. The van der Waals surface area contributed by atoms with E-state index in [4.69, 9.17) is 4.74 Å². The summed E-state index contributed by atoms with van der Waals surface area (Å²) in [6.45, 7) is 1.68. The fourth-order valence-electron chi connectivity index (χ4n) is 1.59. The number of aliphatic hydroxyl groups is 1. The first-order valence-corrected chi connectivity index (χ1v) is 5.38. The molecular weight excluding hydrogens is 237 g/mol. The number of halogens is 3. The first-order valence-electron chi connectivity index (χ1n) is 5.38. The molecule has 1 N–H and O–H groups in total. The average Bonchev–Trinajstić information content (AvgIpc) is 2.61. The molecule has 1 saturated heterocycles. The van der Waals surface area contributed by atoms with Gasteiger partial charge in [-0.2, -0.15) is 18.3 Å². The lowest BCUT2D eigenvalue weighted by Gasteiger charge is -2.25. The second-order valence-electron chi connectivity index (χ2n) is 4.30. The average molecular weight is 254 g/mol. The summed E-state index contributed by atoms with van der Waals surface area (Å²) in [5.41, 5.74) is -2.90. The van der Waals surface area contributed by atoms with Gasteiger partial charge in [-0.25, -0.2) is 0 Å². The summed E-state index contributed by atoms with van der Waals surface area (Å²) in [6.07, 6.45) is -2.48. The fraction of sp³-hybridized carbons (Fsp3) is 0.900. The quantitative estimate of drug-likeness (QED) is 0.771. The van der Waals surface area contributed by atoms with Gasteiger partial charge in [0.2, 0.25) is 0 Å². The fourth-order valence-corrected chi connectivity index (χ4v) is 1.59. The maximum atomic E-state index is 12.4. The minimum absolute atomic E-state index is 0.0136. The Kier molecular flexibility index (Phi) is 4.37. The van der Waals surface area contributed by atoms with E-state index in [1.807, 2.05) is 0 Å². The summed E-state index contributed by atoms with van der Waals surface area (Å²) in [5.74, 6) is 0. The zero-order chi connectivity index (χ0) is 13.1. The van der Waals surface area contributed by atoms with Gasteiger partial charge in [0.15, 0.2) is 5.60 Å². The van der Waals surface area contributed by atoms with Crippen LogP contribution in [0.25, 0.3) is 0 Å². The summed E-state index contributed by atoms with van der Waals surface area (Å²) in [4.78, 5) is 0. The van der Waals surface area contributed by atoms with Crippen LogP contribution in [0.5, 0.6) is 0 Å². The lowest BCUT2D eigenvalue weighted by molar-refractivity contribution is -0.222. The number of nitrogens with zero attached hydrogens (tertiary/aromatic N) is 2. The third kappa shape index (κ3) is 3.57. The molecule has 0 aromatic carbocycles. The molecule has 1 aliphatic heterocycles. The molecular formula is C10H17F3N2O2. The number of methoxy groups -OCH3 is 1. The van der Waals surface area contributed by atoms with Crippen molar-refractivity contribution in [2.75, 3.05) is 20.3 Å². The molecule has 0 radical (unpaired) electrons. The lowest BCUT2D eigenvalue weighted by Crippen LogP contribution is -2.44. The van der Waals surface area contributed by atoms with Gasteiger partial charge in [0.05, 0.1) is 18.9 Å². The van der Waals surface area contributed by atoms with Crippen LogP contribution in [0.15, 0.2) is 5.10 Å². The molecule has 0 aromatic heterocycles. The lowest BCUT2D eigenvalue weighted by atomic mass is 10.1. The summed E-state index contributed by atoms with van der Waals surface area (Å²) in [6, 6.07) is -0.0136. The van der Waals surface area contributed by atoms with E-state index < -0.39 is 11.8 Å². The highest BCUT2D eigenvalue weighted by molar-refractivity contribution is 5.68. The molecule has 7 heteroatoms. The van der Waals surface area contributed by atoms with Crippen molar-refractivity contribution in [2.24, 2.45) is 5.10 Å². The monoisotopic (exact) mass is 254 g/mol. The van der Waals surface area contributed by atoms with Crippen LogP contribution >= 0.6 is 0 Å². The van der Waals surface area contributed by atoms with E-state index >= 15 is 0 Å². The van der Waals surface area contributed by atoms with Crippen molar-refractivity contribution in [3.8, 4) is 0 Å². The molecule has 0 aliphatic carbocycles. The Morgan fingerprint density at radius 1 is 1.53 bits per heavy atom. The Hall–Kier alpha value is -0.820. The van der Waals surface area contributed by atoms with E-state index in [1.54, 1.807) is 0 Å². The van der Waals surface area contributed by atoms with Crippen LogP contribution in [0.2, 0.25) is 0 Å². The Labute approximate surface area is 98.0 Å². The van der Waals surface area contributed by atoms with E-state index in [9.17, 15) is 18.3 Å². The summed E-state index contributed by atoms with van der Waals surface area (Å²) in [5, 5.41) is 14.4. The summed E-state index contributed by atoms with van der Waals surface area (Å²) >= 11 is 0. The SMILES string of the molecule is COC[C@@H]1CCCN1/N=C/[C@](C)(O)C(F)(F)F. The van der Waals surface area contributed by atoms with Crippen molar-refractivity contribution in [3.63, 3.8) is 0 Å². The van der Waals surface area contributed by atoms with E-state index in [1.165, 1.54) is 12.1 Å². The van der Waals surface area contributed by atoms with Crippen molar-refractivity contribution in [1.29, 1.82) is 0 Å². The molecule has 0 bridgehead atoms. The van der Waals surface area contributed by atoms with Crippen LogP contribution in [0.4, 0.5) is 13.2 Å². The molecule has 1 heterocycles. The molecule has 17 heavy (non-hydrogen) atoms. The van der Waals surface area contributed by atoms with Crippen LogP contribution in [-0.2, 0) is 4.74 Å². The summed E-state index contributed by atoms with van der Waals surface area (Å²) in [7, 11) is 1.53. The Morgan fingerprint density at radius 2 is 2.18 bits per heavy atom. The maximum Gasteiger partial charge on any atom is 0.422 e. The molecule has 4 nitrogen and oxygen atoms in total. The zero-order valence-corrected chi connectivity index (χ0v) is 9.87. The van der Waals surface area contributed by atoms with Crippen LogP contribution < -0.4 is 0 Å². The van der Waals surface area contributed by atoms with Gasteiger partial charge in [-0.1, -0.05) is 0 Å². The van der Waals surface area contributed by atoms with Gasteiger partial charge >= 0.3 is 6.18 Å². The smallest absolute Gasteiger partial charge is 0.382 e. The molecule has 1 fully saturated rings. The zero-order valence-electron chi connectivity index (χ0n) is 9.87. The number of hydrogen-bond donors (Lipinski definition) is 1. The topological polar surface area (TPSA) is 45.1 Å². The van der Waals surface area contributed by atoms with Crippen LogP contribution in [0, 0.1) is 0 Å². The molecule has 100 valence electrons. The molecule has 2 atom stereocenters. The third-order valence-electron chi connectivity index (χ3n) is 2.74. The molecule has 0 amide bonds. The Bertz CT molecular complexity index is 279. The van der Waals surface area contributed by atoms with Crippen molar-refractivity contribution < 1.29 is 23.0 Å². The number of alkyl halides is 3. The Morgan fingerprint density at radius 3 is 2.71 bits per heavy atom. The van der Waals surface area contributed by atoms with E-state index in [0.29, 0.717) is 26.3 Å². The molecule has 0 unspecified atom stereocenters. The van der Waals surface area contributed by atoms with Crippen molar-refractivity contribution in [1.82, 2.24) is 5.01 Å². The predicted octanol–water partition coefficient (Wildman–Crippen LogP) is 1.40. The highest BCUT2D eigenvalue weighted by Gasteiger charge is 2.49. The van der Waals surface area contributed by atoms with E-state index in [-0.39, 0.29) is 6.04 Å². The maximum absolute atomic E-state index is 12.4. The third-order valence-corrected chi connectivity index (χ3v) is 2.74. The molecule has 1 aliphatic rings. The number of hydrogen-bond acceptors (Lipinski definition) is 4. The van der Waals surface area contributed by atoms with Gasteiger partial charge in [-0.15, -0.1) is 0 Å². The van der Waals surface area contributed by atoms with Crippen LogP contribution in [0.1, 0.15) is 19.8 Å². The number of hydrazone groups is 1. The van der Waals surface area contributed by atoms with Gasteiger partial charge in [0.25, 0.3) is 0 Å². The highest BCUT2D eigenvalue weighted by Crippen LogP contribution is 2.29. The Balaban J connectivity index is 2.64. The van der Waals surface area contributed by atoms with E-state index in [2.05, 4.69) is 5.10 Å². The van der Waals surface area contributed by atoms with Gasteiger partial charge in [0.1, 0.15) is 0 Å². The minimum atomic E-state index is -4.72. The predicted molar refractivity (Wildman–Crippen MR) is 56.8 cm³/mol. The van der Waals surface area contributed by atoms with Gasteiger partial charge < -0.3 is 9.84 Å². The van der Waals surface area contributed by atoms with Crippen molar-refractivity contribution >= 4 is 6.21 Å². The van der Waals surface area contributed by atoms with Gasteiger partial charge in [-0.3, -0.25) is 5.01 Å². The second kappa shape index (κ2) is 5.22. The molecule has 0 aromatic rings. The van der Waals surface area contributed by atoms with Crippen molar-refractivity contribution in [2.45, 2.75) is 37.6 Å². The largest absolute Gasteiger partial charge is 0.422 e. The first-order chi connectivity index (χ1) is 7.78. The summed E-state index contributed by atoms with van der Waals surface area (Å²) < 4.78 is 42.1. The molecule has 0 spiro atoms. The molecule has 1 rings (SSSR count). The molecule has 0 saturated carbocycles. The normalized spacial score (nSPS) is 25.5. The van der Waals surface area contributed by atoms with Crippen molar-refractivity contribution in [3.05, 3.63) is 0 Å². The second-order valence-corrected chi connectivity index (χ2v) is 4.30. The van der Waals surface area contributed by atoms with Gasteiger partial charge in [0, 0.05) is 13.7 Å². The van der Waals surface area contributed by atoms with E-state index in [0.717, 1.165) is 12.8 Å². The standard InChI is InChI=1S/C10H17F3N2O2/c1-9(16,10(11,12)13)7-14-15-5-3-4-8(15)6-17-2/h7-8,16H,3-6H2,1-2H3/b14-7+/t8-,9-/m0/s1. The van der Waals surface area contributed by atoms with Crippen LogP contribution in [-0.4, -0.2) is 54.4 Å². The number of ether oxygens (including phenoxy) is 1. The first kappa shape index (κ1) is 14.2. The number of rotatable bonds is 4. The minimum Gasteiger partial charge on any atom is -0.382 e. The van der Waals surface area contributed by atoms with Gasteiger partial charge in [-0.05, 0) is 19.8 Å².